The second-order valence-corrected chi connectivity index (χ2v) is 7.47. The van der Waals surface area contributed by atoms with Crippen LogP contribution in [0.4, 0.5) is 0 Å². The summed E-state index contributed by atoms with van der Waals surface area (Å²) < 4.78 is 0. The van der Waals surface area contributed by atoms with Gasteiger partial charge in [0.1, 0.15) is 4.83 Å². The van der Waals surface area contributed by atoms with Crippen molar-refractivity contribution in [3.8, 4) is 0 Å². The fourth-order valence-corrected chi connectivity index (χ4v) is 4.08. The minimum Gasteiger partial charge on any atom is -0.334 e. The first-order valence-corrected chi connectivity index (χ1v) is 8.83. The Bertz CT molecular complexity index is 894. The standard InChI is InChI=1S/C18H19N3OS/c1-12-3-4-13-10-14-11-16(23-17(14)19-15(13)9-12)18(22)21-7-5-20(2)6-8-21/h3-4,9-11H,5-8H2,1-2H3/p+1. The Morgan fingerprint density at radius 1 is 1.17 bits per heavy atom. The lowest BCUT2D eigenvalue weighted by Crippen LogP contribution is -3.12. The van der Waals surface area contributed by atoms with Crippen molar-refractivity contribution in [1.82, 2.24) is 9.88 Å². The Kier molecular flexibility index (Phi) is 3.54. The summed E-state index contributed by atoms with van der Waals surface area (Å²) in [6, 6.07) is 10.4. The molecule has 1 fully saturated rings. The van der Waals surface area contributed by atoms with E-state index in [4.69, 9.17) is 4.98 Å². The molecule has 3 heterocycles. The first kappa shape index (κ1) is 14.6. The summed E-state index contributed by atoms with van der Waals surface area (Å²) in [4.78, 5) is 22.7. The van der Waals surface area contributed by atoms with E-state index in [0.717, 1.165) is 52.2 Å². The highest BCUT2D eigenvalue weighted by molar-refractivity contribution is 7.20. The third-order valence-corrected chi connectivity index (χ3v) is 5.61. The molecule has 5 heteroatoms. The van der Waals surface area contributed by atoms with Crippen molar-refractivity contribution < 1.29 is 9.69 Å². The molecule has 1 N–H and O–H groups in total. The average Bonchev–Trinajstić information content (AvgIpc) is 2.95. The van der Waals surface area contributed by atoms with Crippen molar-refractivity contribution in [1.29, 1.82) is 0 Å². The number of aromatic nitrogens is 1. The number of amides is 1. The fourth-order valence-electron chi connectivity index (χ4n) is 3.09. The predicted molar refractivity (Wildman–Crippen MR) is 94.4 cm³/mol. The Morgan fingerprint density at radius 3 is 2.74 bits per heavy atom. The smallest absolute Gasteiger partial charge is 0.264 e. The summed E-state index contributed by atoms with van der Waals surface area (Å²) in [5.41, 5.74) is 2.21. The van der Waals surface area contributed by atoms with Gasteiger partial charge in [0.25, 0.3) is 5.91 Å². The number of nitrogens with zero attached hydrogens (tertiary/aromatic N) is 2. The average molecular weight is 326 g/mol. The molecule has 0 radical (unpaired) electrons. The number of hydrogen-bond acceptors (Lipinski definition) is 3. The number of pyridine rings is 1. The number of thiophene rings is 1. The van der Waals surface area contributed by atoms with Crippen LogP contribution in [0.5, 0.6) is 0 Å². The molecule has 0 saturated carbocycles. The number of carbonyl (C=O) groups is 1. The van der Waals surface area contributed by atoms with E-state index in [1.54, 1.807) is 0 Å². The Labute approximate surface area is 139 Å². The van der Waals surface area contributed by atoms with Gasteiger partial charge < -0.3 is 9.80 Å². The van der Waals surface area contributed by atoms with Gasteiger partial charge in [-0.2, -0.15) is 0 Å². The van der Waals surface area contributed by atoms with E-state index in [0.29, 0.717) is 0 Å². The topological polar surface area (TPSA) is 37.6 Å². The summed E-state index contributed by atoms with van der Waals surface area (Å²) >= 11 is 1.51. The number of quaternary nitrogens is 1. The number of hydrogen-bond donors (Lipinski definition) is 1. The normalized spacial score (nSPS) is 16.3. The van der Waals surface area contributed by atoms with Gasteiger partial charge in [0.15, 0.2) is 0 Å². The van der Waals surface area contributed by atoms with Crippen LogP contribution in [0.15, 0.2) is 30.3 Å². The third kappa shape index (κ3) is 2.71. The zero-order chi connectivity index (χ0) is 16.0. The minimum atomic E-state index is 0.153. The van der Waals surface area contributed by atoms with Gasteiger partial charge in [-0.1, -0.05) is 12.1 Å². The molecule has 0 unspecified atom stereocenters. The van der Waals surface area contributed by atoms with Crippen LogP contribution in [0.1, 0.15) is 15.2 Å². The summed E-state index contributed by atoms with van der Waals surface area (Å²) in [5.74, 6) is 0.153. The van der Waals surface area contributed by atoms with Gasteiger partial charge in [-0.25, -0.2) is 4.98 Å². The van der Waals surface area contributed by atoms with Gasteiger partial charge in [0, 0.05) is 10.8 Å². The predicted octanol–water partition coefficient (Wildman–Crippen LogP) is 1.73. The van der Waals surface area contributed by atoms with Gasteiger partial charge in [-0.05, 0) is 30.7 Å². The van der Waals surface area contributed by atoms with Gasteiger partial charge >= 0.3 is 0 Å². The van der Waals surface area contributed by atoms with Crippen molar-refractivity contribution in [2.75, 3.05) is 33.2 Å². The molecule has 2 aromatic heterocycles. The minimum absolute atomic E-state index is 0.153. The highest BCUT2D eigenvalue weighted by atomic mass is 32.1. The quantitative estimate of drug-likeness (QED) is 0.739. The maximum atomic E-state index is 12.7. The fraction of sp³-hybridized carbons (Fsp3) is 0.333. The van der Waals surface area contributed by atoms with E-state index in [-0.39, 0.29) is 5.91 Å². The summed E-state index contributed by atoms with van der Waals surface area (Å²) in [6.07, 6.45) is 0. The van der Waals surface area contributed by atoms with Crippen molar-refractivity contribution in [3.63, 3.8) is 0 Å². The number of aryl methyl sites for hydroxylation is 1. The van der Waals surface area contributed by atoms with E-state index in [1.807, 2.05) is 11.0 Å². The van der Waals surface area contributed by atoms with Crippen molar-refractivity contribution in [2.45, 2.75) is 6.92 Å². The number of rotatable bonds is 1. The molecule has 1 aliphatic heterocycles. The number of nitrogens with one attached hydrogen (secondary N) is 1. The van der Waals surface area contributed by atoms with Crippen LogP contribution in [0.2, 0.25) is 0 Å². The first-order chi connectivity index (χ1) is 11.1. The summed E-state index contributed by atoms with van der Waals surface area (Å²) in [7, 11) is 2.18. The second kappa shape index (κ2) is 5.58. The highest BCUT2D eigenvalue weighted by Crippen LogP contribution is 2.28. The van der Waals surface area contributed by atoms with Crippen molar-refractivity contribution in [3.05, 3.63) is 40.8 Å². The number of piperazine rings is 1. The molecule has 4 rings (SSSR count). The Morgan fingerprint density at radius 2 is 1.96 bits per heavy atom. The van der Waals surface area contributed by atoms with Gasteiger partial charge in [0.2, 0.25) is 0 Å². The van der Waals surface area contributed by atoms with Crippen LogP contribution in [-0.2, 0) is 0 Å². The number of likely N-dealkylation sites (N-methyl/N-ethyl adjacent to an activating group) is 1. The van der Waals surface area contributed by atoms with Gasteiger partial charge in [0.05, 0.1) is 43.6 Å². The monoisotopic (exact) mass is 326 g/mol. The molecule has 0 atom stereocenters. The lowest BCUT2D eigenvalue weighted by atomic mass is 10.1. The van der Waals surface area contributed by atoms with Crippen LogP contribution in [0.3, 0.4) is 0 Å². The third-order valence-electron chi connectivity index (χ3n) is 4.57. The zero-order valence-electron chi connectivity index (χ0n) is 13.4. The molecule has 1 aromatic carbocycles. The molecule has 1 amide bonds. The molecule has 0 bridgehead atoms. The van der Waals surface area contributed by atoms with Crippen molar-refractivity contribution in [2.24, 2.45) is 0 Å². The SMILES string of the molecule is Cc1ccc2cc3cc(C(=O)N4CC[NH+](C)CC4)sc3nc2c1. The molecule has 0 spiro atoms. The van der Waals surface area contributed by atoms with Gasteiger partial charge in [-0.3, -0.25) is 4.79 Å². The maximum Gasteiger partial charge on any atom is 0.264 e. The zero-order valence-corrected chi connectivity index (χ0v) is 14.2. The molecular weight excluding hydrogens is 306 g/mol. The highest BCUT2D eigenvalue weighted by Gasteiger charge is 2.24. The lowest BCUT2D eigenvalue weighted by Gasteiger charge is -2.29. The van der Waals surface area contributed by atoms with Crippen molar-refractivity contribution >= 4 is 38.4 Å². The van der Waals surface area contributed by atoms with Crippen LogP contribution in [0.25, 0.3) is 21.1 Å². The van der Waals surface area contributed by atoms with Crippen LogP contribution in [0, 0.1) is 6.92 Å². The summed E-state index contributed by atoms with van der Waals surface area (Å²) in [6.45, 7) is 5.81. The number of benzene rings is 1. The summed E-state index contributed by atoms with van der Waals surface area (Å²) in [5, 5.41) is 2.19. The Hall–Kier alpha value is -1.98. The molecule has 0 aliphatic carbocycles. The van der Waals surface area contributed by atoms with Crippen LogP contribution >= 0.6 is 11.3 Å². The van der Waals surface area contributed by atoms with E-state index >= 15 is 0 Å². The largest absolute Gasteiger partial charge is 0.334 e. The van der Waals surface area contributed by atoms with E-state index in [1.165, 1.54) is 21.8 Å². The number of fused-ring (bicyclic) bond motifs is 2. The number of carbonyl (C=O) groups excluding carboxylic acids is 1. The maximum absolute atomic E-state index is 12.7. The van der Waals surface area contributed by atoms with Crippen LogP contribution < -0.4 is 4.90 Å². The van der Waals surface area contributed by atoms with E-state index in [9.17, 15) is 4.79 Å². The van der Waals surface area contributed by atoms with E-state index in [2.05, 4.69) is 38.2 Å². The lowest BCUT2D eigenvalue weighted by molar-refractivity contribution is -0.883. The molecule has 118 valence electrons. The molecule has 1 aliphatic rings. The van der Waals surface area contributed by atoms with Crippen LogP contribution in [-0.4, -0.2) is 49.0 Å². The molecular formula is C18H20N3OS+. The first-order valence-electron chi connectivity index (χ1n) is 8.02. The molecule has 3 aromatic rings. The molecule has 4 nitrogen and oxygen atoms in total. The van der Waals surface area contributed by atoms with Gasteiger partial charge in [-0.15, -0.1) is 11.3 Å². The second-order valence-electron chi connectivity index (χ2n) is 6.44. The Balaban J connectivity index is 1.70. The van der Waals surface area contributed by atoms with E-state index < -0.39 is 0 Å². The molecule has 1 saturated heterocycles. The molecule has 23 heavy (non-hydrogen) atoms.